The van der Waals surface area contributed by atoms with E-state index in [1.54, 1.807) is 0 Å². The molecule has 1 aliphatic carbocycles. The van der Waals surface area contributed by atoms with Crippen LogP contribution in [0.25, 0.3) is 0 Å². The van der Waals surface area contributed by atoms with Gasteiger partial charge in [0, 0.05) is 17.3 Å². The Hall–Kier alpha value is 0.200. The maximum Gasteiger partial charge on any atom is 0.232 e. The summed E-state index contributed by atoms with van der Waals surface area (Å²) < 4.78 is 27.1. The molecule has 0 amide bonds. The van der Waals surface area contributed by atoms with Gasteiger partial charge in [-0.05, 0) is 24.7 Å². The zero-order valence-corrected chi connectivity index (χ0v) is 9.98. The third kappa shape index (κ3) is 5.83. The molecule has 0 aliphatic heterocycles. The highest BCUT2D eigenvalue weighted by molar-refractivity contribution is 8.13. The number of hydrogen-bond donors (Lipinski definition) is 0. The van der Waals surface area contributed by atoms with Crippen LogP contribution in [0.3, 0.4) is 0 Å². The van der Waals surface area contributed by atoms with Gasteiger partial charge in [-0.3, -0.25) is 0 Å². The average Bonchev–Trinajstić information content (AvgIpc) is 2.84. The van der Waals surface area contributed by atoms with Crippen molar-refractivity contribution in [3.8, 4) is 0 Å². The van der Waals surface area contributed by atoms with Crippen LogP contribution in [0.2, 0.25) is 0 Å². The average molecular weight is 241 g/mol. The van der Waals surface area contributed by atoms with E-state index >= 15 is 0 Å². The third-order valence-electron chi connectivity index (χ3n) is 2.42. The summed E-state index contributed by atoms with van der Waals surface area (Å²) in [7, 11) is 1.80. The van der Waals surface area contributed by atoms with Crippen LogP contribution in [0.5, 0.6) is 0 Å². The summed E-state index contributed by atoms with van der Waals surface area (Å²) in [5.74, 6) is 0.784. The predicted octanol–water partition coefficient (Wildman–Crippen LogP) is 2.01. The maximum absolute atomic E-state index is 10.8. The van der Waals surface area contributed by atoms with Crippen LogP contribution in [0.1, 0.15) is 26.2 Å². The lowest BCUT2D eigenvalue weighted by Crippen LogP contribution is -2.17. The molecule has 1 saturated carbocycles. The smallest absolute Gasteiger partial charge is 0.232 e. The molecule has 84 valence electrons. The number of ether oxygens (including phenoxy) is 1. The minimum absolute atomic E-state index is 0.0235. The van der Waals surface area contributed by atoms with E-state index in [4.69, 9.17) is 15.4 Å². The molecule has 1 unspecified atom stereocenters. The molecule has 0 N–H and O–H groups in total. The van der Waals surface area contributed by atoms with Gasteiger partial charge in [-0.25, -0.2) is 8.42 Å². The Balaban J connectivity index is 2.16. The summed E-state index contributed by atoms with van der Waals surface area (Å²) in [6.45, 7) is 3.24. The van der Waals surface area contributed by atoms with Gasteiger partial charge < -0.3 is 4.74 Å². The Morgan fingerprint density at radius 3 is 2.57 bits per heavy atom. The van der Waals surface area contributed by atoms with E-state index in [9.17, 15) is 8.42 Å². The van der Waals surface area contributed by atoms with Crippen molar-refractivity contribution in [3.05, 3.63) is 0 Å². The van der Waals surface area contributed by atoms with E-state index in [-0.39, 0.29) is 11.7 Å². The monoisotopic (exact) mass is 240 g/mol. The molecular formula is C9H17ClO3S. The fraction of sp³-hybridized carbons (Fsp3) is 1.00. The Morgan fingerprint density at radius 2 is 2.14 bits per heavy atom. The summed E-state index contributed by atoms with van der Waals surface area (Å²) in [5.41, 5.74) is 0. The molecule has 0 heterocycles. The van der Waals surface area contributed by atoms with E-state index in [1.165, 1.54) is 12.8 Å². The van der Waals surface area contributed by atoms with Gasteiger partial charge in [0.2, 0.25) is 9.05 Å². The third-order valence-corrected chi connectivity index (χ3v) is 3.66. The Kier molecular flexibility index (Phi) is 4.67. The molecule has 1 rings (SSSR count). The van der Waals surface area contributed by atoms with Crippen LogP contribution in [0.15, 0.2) is 0 Å². The topological polar surface area (TPSA) is 43.4 Å². The van der Waals surface area contributed by atoms with Crippen molar-refractivity contribution in [2.24, 2.45) is 11.8 Å². The van der Waals surface area contributed by atoms with Gasteiger partial charge in [0.05, 0.1) is 12.4 Å². The molecule has 0 bridgehead atoms. The highest BCUT2D eigenvalue weighted by Gasteiger charge is 2.22. The van der Waals surface area contributed by atoms with Crippen molar-refractivity contribution in [1.82, 2.24) is 0 Å². The molecule has 0 aromatic heterocycles. The summed E-state index contributed by atoms with van der Waals surface area (Å²) in [4.78, 5) is 0. The van der Waals surface area contributed by atoms with Crippen molar-refractivity contribution in [2.75, 3.05) is 19.0 Å². The molecule has 1 fully saturated rings. The first kappa shape index (κ1) is 12.3. The first-order valence-electron chi connectivity index (χ1n) is 5.01. The zero-order chi connectivity index (χ0) is 10.6. The highest BCUT2D eigenvalue weighted by atomic mass is 35.7. The second-order valence-corrected chi connectivity index (χ2v) is 6.78. The van der Waals surface area contributed by atoms with Gasteiger partial charge in [-0.2, -0.15) is 0 Å². The van der Waals surface area contributed by atoms with Crippen LogP contribution in [-0.4, -0.2) is 27.4 Å². The van der Waals surface area contributed by atoms with Crippen LogP contribution in [0, 0.1) is 11.8 Å². The van der Waals surface area contributed by atoms with Gasteiger partial charge in [-0.15, -0.1) is 0 Å². The number of rotatable bonds is 7. The molecule has 1 atom stereocenters. The maximum atomic E-state index is 10.8. The van der Waals surface area contributed by atoms with E-state index < -0.39 is 9.05 Å². The lowest BCUT2D eigenvalue weighted by molar-refractivity contribution is 0.0961. The number of halogens is 1. The zero-order valence-electron chi connectivity index (χ0n) is 8.41. The Morgan fingerprint density at radius 1 is 1.50 bits per heavy atom. The molecule has 0 aromatic rings. The molecule has 1 aliphatic rings. The summed E-state index contributed by atoms with van der Waals surface area (Å²) >= 11 is 0. The molecule has 0 spiro atoms. The minimum Gasteiger partial charge on any atom is -0.381 e. The van der Waals surface area contributed by atoms with Crippen LogP contribution in [0.4, 0.5) is 0 Å². The normalized spacial score (nSPS) is 19.6. The van der Waals surface area contributed by atoms with Crippen molar-refractivity contribution < 1.29 is 13.2 Å². The van der Waals surface area contributed by atoms with Crippen LogP contribution in [-0.2, 0) is 13.8 Å². The number of hydrogen-bond acceptors (Lipinski definition) is 3. The lowest BCUT2D eigenvalue weighted by atomic mass is 10.1. The molecule has 0 aromatic carbocycles. The fourth-order valence-corrected chi connectivity index (χ4v) is 2.68. The SMILES string of the molecule is CCC(COCC1CC1)CS(=O)(=O)Cl. The van der Waals surface area contributed by atoms with Crippen molar-refractivity contribution in [2.45, 2.75) is 26.2 Å². The van der Waals surface area contributed by atoms with Gasteiger partial charge in [0.25, 0.3) is 0 Å². The minimum atomic E-state index is -3.38. The van der Waals surface area contributed by atoms with Gasteiger partial charge in [0.15, 0.2) is 0 Å². The standard InChI is InChI=1S/C9H17ClO3S/c1-2-8(7-14(10,11)12)5-13-6-9-3-4-9/h8-9H,2-7H2,1H3. The molecule has 5 heteroatoms. The van der Waals surface area contributed by atoms with E-state index in [2.05, 4.69) is 0 Å². The van der Waals surface area contributed by atoms with Gasteiger partial charge in [0.1, 0.15) is 0 Å². The second-order valence-electron chi connectivity index (χ2n) is 3.96. The summed E-state index contributed by atoms with van der Waals surface area (Å²) in [6.07, 6.45) is 3.30. The molecular weight excluding hydrogens is 224 g/mol. The first-order valence-corrected chi connectivity index (χ1v) is 7.49. The highest BCUT2D eigenvalue weighted by Crippen LogP contribution is 2.29. The molecule has 0 saturated heterocycles. The first-order chi connectivity index (χ1) is 6.51. The lowest BCUT2D eigenvalue weighted by Gasteiger charge is -2.12. The Bertz CT molecular complexity index is 259. The van der Waals surface area contributed by atoms with Crippen molar-refractivity contribution in [3.63, 3.8) is 0 Å². The summed E-state index contributed by atoms with van der Waals surface area (Å²) in [6, 6.07) is 0. The fourth-order valence-electron chi connectivity index (χ4n) is 1.25. The molecule has 3 nitrogen and oxygen atoms in total. The van der Waals surface area contributed by atoms with Gasteiger partial charge >= 0.3 is 0 Å². The Labute approximate surface area is 90.2 Å². The van der Waals surface area contributed by atoms with Crippen LogP contribution >= 0.6 is 10.7 Å². The van der Waals surface area contributed by atoms with E-state index in [0.29, 0.717) is 6.61 Å². The van der Waals surface area contributed by atoms with Gasteiger partial charge in [-0.1, -0.05) is 13.3 Å². The largest absolute Gasteiger partial charge is 0.381 e. The molecule has 0 radical (unpaired) electrons. The predicted molar refractivity (Wildman–Crippen MR) is 57.0 cm³/mol. The van der Waals surface area contributed by atoms with E-state index in [1.807, 2.05) is 6.92 Å². The molecule has 14 heavy (non-hydrogen) atoms. The van der Waals surface area contributed by atoms with Crippen molar-refractivity contribution in [1.29, 1.82) is 0 Å². The second kappa shape index (κ2) is 5.33. The van der Waals surface area contributed by atoms with Crippen molar-refractivity contribution >= 4 is 19.7 Å². The quantitative estimate of drug-likeness (QED) is 0.640. The van der Waals surface area contributed by atoms with E-state index in [0.717, 1.165) is 18.9 Å². The summed E-state index contributed by atoms with van der Waals surface area (Å²) in [5, 5.41) is 0. The van der Waals surface area contributed by atoms with Crippen LogP contribution < -0.4 is 0 Å².